The number of aliphatic hydroxyl groups is 1. The van der Waals surface area contributed by atoms with Crippen molar-refractivity contribution in [1.29, 1.82) is 0 Å². The van der Waals surface area contributed by atoms with Gasteiger partial charge in [-0.15, -0.1) is 0 Å². The van der Waals surface area contributed by atoms with Crippen LogP contribution in [-0.4, -0.2) is 22.7 Å². The molecule has 1 aromatic heterocycles. The van der Waals surface area contributed by atoms with Gasteiger partial charge in [0, 0.05) is 12.6 Å². The minimum absolute atomic E-state index is 0.0651. The monoisotopic (exact) mass is 226 g/mol. The highest BCUT2D eigenvalue weighted by molar-refractivity contribution is 5.28. The van der Waals surface area contributed by atoms with Crippen LogP contribution in [0.2, 0.25) is 0 Å². The van der Waals surface area contributed by atoms with Crippen molar-refractivity contribution in [2.75, 3.05) is 11.4 Å². The Kier molecular flexibility index (Phi) is 5.32. The van der Waals surface area contributed by atoms with Crippen LogP contribution < -0.4 is 4.90 Å². The molecule has 0 saturated carbocycles. The van der Waals surface area contributed by atoms with Gasteiger partial charge in [-0.25, -0.2) is 0 Å². The maximum Gasteiger partial charge on any atom is 0.297 e. The fourth-order valence-electron chi connectivity index (χ4n) is 1.61. The highest BCUT2D eigenvalue weighted by atomic mass is 16.4. The lowest BCUT2D eigenvalue weighted by atomic mass is 10.2. The summed E-state index contributed by atoms with van der Waals surface area (Å²) in [7, 11) is 0. The van der Waals surface area contributed by atoms with Crippen molar-refractivity contribution in [2.24, 2.45) is 0 Å². The Labute approximate surface area is 97.3 Å². The van der Waals surface area contributed by atoms with Gasteiger partial charge >= 0.3 is 0 Å². The number of oxazole rings is 1. The molecule has 1 N–H and O–H groups in total. The van der Waals surface area contributed by atoms with E-state index in [-0.39, 0.29) is 6.61 Å². The molecule has 1 heterocycles. The number of nitrogens with zero attached hydrogens (tertiary/aromatic N) is 2. The second-order valence-corrected chi connectivity index (χ2v) is 4.27. The van der Waals surface area contributed by atoms with Crippen molar-refractivity contribution in [3.63, 3.8) is 0 Å². The van der Waals surface area contributed by atoms with E-state index in [4.69, 9.17) is 9.52 Å². The van der Waals surface area contributed by atoms with Gasteiger partial charge < -0.3 is 14.4 Å². The summed E-state index contributed by atoms with van der Waals surface area (Å²) in [4.78, 5) is 6.37. The van der Waals surface area contributed by atoms with Crippen LogP contribution in [0.4, 0.5) is 6.01 Å². The minimum Gasteiger partial charge on any atom is -0.432 e. The van der Waals surface area contributed by atoms with E-state index >= 15 is 0 Å². The van der Waals surface area contributed by atoms with Gasteiger partial charge in [0.15, 0.2) is 0 Å². The van der Waals surface area contributed by atoms with Gasteiger partial charge in [0.25, 0.3) is 6.01 Å². The highest BCUT2D eigenvalue weighted by Crippen LogP contribution is 2.17. The van der Waals surface area contributed by atoms with Crippen molar-refractivity contribution in [2.45, 2.75) is 52.7 Å². The summed E-state index contributed by atoms with van der Waals surface area (Å²) >= 11 is 0. The molecule has 0 amide bonds. The minimum atomic E-state index is -0.0651. The maximum absolute atomic E-state index is 8.94. The lowest BCUT2D eigenvalue weighted by Gasteiger charge is -2.24. The van der Waals surface area contributed by atoms with E-state index in [1.165, 1.54) is 19.1 Å². The Morgan fingerprint density at radius 2 is 2.19 bits per heavy atom. The molecule has 0 spiro atoms. The van der Waals surface area contributed by atoms with Crippen molar-refractivity contribution in [3.05, 3.63) is 12.0 Å². The zero-order valence-electron chi connectivity index (χ0n) is 10.4. The normalized spacial score (nSPS) is 11.1. The number of aliphatic hydroxyl groups excluding tert-OH is 1. The lowest BCUT2D eigenvalue weighted by Crippen LogP contribution is -2.32. The van der Waals surface area contributed by atoms with Crippen molar-refractivity contribution in [3.8, 4) is 0 Å². The van der Waals surface area contributed by atoms with Crippen molar-refractivity contribution in [1.82, 2.24) is 4.98 Å². The summed E-state index contributed by atoms with van der Waals surface area (Å²) in [5.74, 6) is 0. The topological polar surface area (TPSA) is 49.5 Å². The molecule has 1 aromatic rings. The van der Waals surface area contributed by atoms with Crippen LogP contribution in [0.3, 0.4) is 0 Å². The van der Waals surface area contributed by atoms with Gasteiger partial charge in [0.2, 0.25) is 0 Å². The van der Waals surface area contributed by atoms with E-state index in [9.17, 15) is 0 Å². The average Bonchev–Trinajstić information content (AvgIpc) is 2.72. The fourth-order valence-corrected chi connectivity index (χ4v) is 1.61. The van der Waals surface area contributed by atoms with Gasteiger partial charge in [-0.3, -0.25) is 0 Å². The molecule has 0 fully saturated rings. The molecule has 4 nitrogen and oxygen atoms in total. The molecule has 0 radical (unpaired) electrons. The summed E-state index contributed by atoms with van der Waals surface area (Å²) in [6.07, 6.45) is 5.09. The van der Waals surface area contributed by atoms with E-state index < -0.39 is 0 Å². The average molecular weight is 226 g/mol. The first-order chi connectivity index (χ1) is 7.69. The van der Waals surface area contributed by atoms with Gasteiger partial charge in [-0.1, -0.05) is 19.8 Å². The summed E-state index contributed by atoms with van der Waals surface area (Å²) in [6, 6.07) is 0.984. The Morgan fingerprint density at radius 3 is 2.69 bits per heavy atom. The molecule has 0 aliphatic rings. The number of hydrogen-bond acceptors (Lipinski definition) is 4. The quantitative estimate of drug-likeness (QED) is 0.726. The molecular weight excluding hydrogens is 204 g/mol. The maximum atomic E-state index is 8.94. The van der Waals surface area contributed by atoms with Gasteiger partial charge in [-0.2, -0.15) is 4.98 Å². The molecule has 0 aromatic carbocycles. The van der Waals surface area contributed by atoms with Crippen LogP contribution in [0.25, 0.3) is 0 Å². The van der Waals surface area contributed by atoms with Crippen molar-refractivity contribution < 1.29 is 9.52 Å². The van der Waals surface area contributed by atoms with E-state index in [2.05, 4.69) is 30.7 Å². The molecule has 4 heteroatoms. The van der Waals surface area contributed by atoms with Crippen molar-refractivity contribution >= 4 is 6.01 Å². The van der Waals surface area contributed by atoms with Gasteiger partial charge in [0.1, 0.15) is 12.0 Å². The van der Waals surface area contributed by atoms with E-state index in [1.54, 1.807) is 0 Å². The van der Waals surface area contributed by atoms with E-state index in [1.807, 2.05) is 0 Å². The predicted molar refractivity (Wildman–Crippen MR) is 64.4 cm³/mol. The summed E-state index contributed by atoms with van der Waals surface area (Å²) in [5, 5.41) is 8.94. The summed E-state index contributed by atoms with van der Waals surface area (Å²) < 4.78 is 5.36. The lowest BCUT2D eigenvalue weighted by molar-refractivity contribution is 0.276. The standard InChI is InChI=1S/C12H22N2O2/c1-4-5-6-7-14(10(2)3)12-13-11(8-15)9-16-12/h9-10,15H,4-8H2,1-3H3. The zero-order chi connectivity index (χ0) is 12.0. The Morgan fingerprint density at radius 1 is 1.44 bits per heavy atom. The number of hydrogen-bond donors (Lipinski definition) is 1. The molecule has 0 bridgehead atoms. The molecule has 0 saturated heterocycles. The van der Waals surface area contributed by atoms with E-state index in [0.29, 0.717) is 17.8 Å². The molecule has 0 aliphatic heterocycles. The molecule has 92 valence electrons. The molecule has 0 unspecified atom stereocenters. The van der Waals surface area contributed by atoms with Gasteiger partial charge in [0.05, 0.1) is 6.61 Å². The summed E-state index contributed by atoms with van der Waals surface area (Å²) in [6.45, 7) is 7.32. The zero-order valence-corrected chi connectivity index (χ0v) is 10.4. The van der Waals surface area contributed by atoms with Crippen LogP contribution in [0, 0.1) is 0 Å². The molecular formula is C12H22N2O2. The fraction of sp³-hybridized carbons (Fsp3) is 0.750. The summed E-state index contributed by atoms with van der Waals surface area (Å²) in [5.41, 5.74) is 0.594. The van der Waals surface area contributed by atoms with Crippen LogP contribution in [0.15, 0.2) is 10.7 Å². The third kappa shape index (κ3) is 3.52. The van der Waals surface area contributed by atoms with Crippen LogP contribution in [0.5, 0.6) is 0 Å². The second-order valence-electron chi connectivity index (χ2n) is 4.27. The smallest absolute Gasteiger partial charge is 0.297 e. The van der Waals surface area contributed by atoms with Crippen LogP contribution in [-0.2, 0) is 6.61 Å². The third-order valence-corrected chi connectivity index (χ3v) is 2.57. The van der Waals surface area contributed by atoms with Gasteiger partial charge in [-0.05, 0) is 20.3 Å². The third-order valence-electron chi connectivity index (χ3n) is 2.57. The molecule has 16 heavy (non-hydrogen) atoms. The number of unbranched alkanes of at least 4 members (excludes halogenated alkanes) is 2. The molecule has 0 aliphatic carbocycles. The second kappa shape index (κ2) is 6.53. The first-order valence-electron chi connectivity index (χ1n) is 6.01. The Hall–Kier alpha value is -1.03. The number of aromatic nitrogens is 1. The highest BCUT2D eigenvalue weighted by Gasteiger charge is 2.15. The Balaban J connectivity index is 2.61. The van der Waals surface area contributed by atoms with Crippen LogP contribution >= 0.6 is 0 Å². The first kappa shape index (κ1) is 13.0. The predicted octanol–water partition coefficient (Wildman–Crippen LogP) is 2.57. The number of rotatable bonds is 7. The molecule has 0 atom stereocenters. The molecule has 1 rings (SSSR count). The van der Waals surface area contributed by atoms with E-state index in [0.717, 1.165) is 13.0 Å². The number of anilines is 1. The Bertz CT molecular complexity index is 297. The first-order valence-corrected chi connectivity index (χ1v) is 6.01. The van der Waals surface area contributed by atoms with Crippen LogP contribution in [0.1, 0.15) is 45.7 Å². The largest absolute Gasteiger partial charge is 0.432 e. The SMILES string of the molecule is CCCCCN(c1nc(CO)co1)C(C)C.